The Hall–Kier alpha value is -1.58. The topological polar surface area (TPSA) is 52.6 Å². The summed E-state index contributed by atoms with van der Waals surface area (Å²) < 4.78 is 10.2. The predicted octanol–water partition coefficient (Wildman–Crippen LogP) is 10.1. The van der Waals surface area contributed by atoms with Crippen LogP contribution >= 0.6 is 0 Å². The fraction of sp³-hybridized carbons (Fsp3) is 0.818. The maximum absolute atomic E-state index is 12.7. The number of carbonyl (C=O) groups is 2. The first-order chi connectivity index (χ1) is 18.1. The number of allylic oxidation sites excluding steroid dienone is 4. The summed E-state index contributed by atoms with van der Waals surface area (Å²) in [6.07, 6.45) is 33.7. The van der Waals surface area contributed by atoms with E-state index < -0.39 is 17.4 Å². The van der Waals surface area contributed by atoms with Crippen LogP contribution < -0.4 is 0 Å². The van der Waals surface area contributed by atoms with Crippen molar-refractivity contribution in [2.24, 2.45) is 5.41 Å². The average molecular weight is 521 g/mol. The molecule has 0 aromatic heterocycles. The molecule has 0 N–H and O–H groups in total. The molecule has 216 valence electrons. The Labute approximate surface area is 230 Å². The molecular weight excluding hydrogens is 460 g/mol. The number of carbonyl (C=O) groups excluding carboxylic acids is 2. The number of methoxy groups -OCH3 is 2. The quantitative estimate of drug-likeness (QED) is 0.0492. The zero-order valence-corrected chi connectivity index (χ0v) is 25.0. The molecule has 0 fully saturated rings. The summed E-state index contributed by atoms with van der Waals surface area (Å²) in [5, 5.41) is 0. The fourth-order valence-corrected chi connectivity index (χ4v) is 4.98. The molecule has 0 bridgehead atoms. The van der Waals surface area contributed by atoms with Crippen molar-refractivity contribution in [3.05, 3.63) is 24.3 Å². The maximum atomic E-state index is 12.7. The van der Waals surface area contributed by atoms with Gasteiger partial charge in [-0.25, -0.2) is 0 Å². The molecule has 37 heavy (non-hydrogen) atoms. The van der Waals surface area contributed by atoms with Gasteiger partial charge in [0.05, 0.1) is 14.2 Å². The van der Waals surface area contributed by atoms with E-state index in [0.29, 0.717) is 12.8 Å². The highest BCUT2D eigenvalue weighted by Crippen LogP contribution is 2.35. The zero-order chi connectivity index (χ0) is 27.5. The second-order valence-electron chi connectivity index (χ2n) is 10.6. The van der Waals surface area contributed by atoms with E-state index in [1.165, 1.54) is 91.3 Å². The van der Waals surface area contributed by atoms with Crippen LogP contribution in [0.1, 0.15) is 155 Å². The summed E-state index contributed by atoms with van der Waals surface area (Å²) >= 11 is 0. The van der Waals surface area contributed by atoms with Gasteiger partial charge in [0.25, 0.3) is 0 Å². The lowest BCUT2D eigenvalue weighted by atomic mass is 9.77. The van der Waals surface area contributed by atoms with E-state index in [4.69, 9.17) is 9.47 Å². The van der Waals surface area contributed by atoms with Crippen LogP contribution in [0.5, 0.6) is 0 Å². The molecule has 4 nitrogen and oxygen atoms in total. The largest absolute Gasteiger partial charge is 0.468 e. The van der Waals surface area contributed by atoms with Crippen molar-refractivity contribution in [2.45, 2.75) is 155 Å². The van der Waals surface area contributed by atoms with Gasteiger partial charge in [0, 0.05) is 0 Å². The number of hydrogen-bond acceptors (Lipinski definition) is 4. The predicted molar refractivity (Wildman–Crippen MR) is 158 cm³/mol. The first kappa shape index (κ1) is 35.4. The molecule has 0 heterocycles. The van der Waals surface area contributed by atoms with Crippen LogP contribution in [0.15, 0.2) is 24.3 Å². The van der Waals surface area contributed by atoms with Gasteiger partial charge in [-0.15, -0.1) is 0 Å². The number of unbranched alkanes of at least 4 members (excludes halogenated alkanes) is 16. The molecule has 0 saturated heterocycles. The lowest BCUT2D eigenvalue weighted by molar-refractivity contribution is -0.170. The minimum atomic E-state index is -1.14. The third-order valence-electron chi connectivity index (χ3n) is 7.41. The summed E-state index contributed by atoms with van der Waals surface area (Å²) in [4.78, 5) is 25.5. The highest BCUT2D eigenvalue weighted by atomic mass is 16.5. The molecule has 4 heteroatoms. The van der Waals surface area contributed by atoms with E-state index in [1.807, 2.05) is 0 Å². The van der Waals surface area contributed by atoms with Gasteiger partial charge in [-0.3, -0.25) is 9.59 Å². The third-order valence-corrected chi connectivity index (χ3v) is 7.41. The Morgan fingerprint density at radius 3 is 1.30 bits per heavy atom. The number of esters is 2. The standard InChI is InChI=1S/C33H60O4/c1-5-7-9-11-13-15-16-17-18-19-20-21-22-24-26-28-30-33(31(34)36-3,32(35)37-4)29-27-25-23-14-12-10-8-6-2/h13,15,17-18H,5-12,14,16,19-30H2,1-4H3. The van der Waals surface area contributed by atoms with E-state index >= 15 is 0 Å². The smallest absolute Gasteiger partial charge is 0.323 e. The Bertz CT molecular complexity index is 577. The Balaban J connectivity index is 4.20. The lowest BCUT2D eigenvalue weighted by Crippen LogP contribution is -2.41. The molecular formula is C33H60O4. The van der Waals surface area contributed by atoms with E-state index in [0.717, 1.165) is 51.4 Å². The van der Waals surface area contributed by atoms with Crippen LogP contribution in [-0.2, 0) is 19.1 Å². The SMILES string of the molecule is CCCCCC=CCC=CCCCCCCCCC(CCCCCCCCCC)(C(=O)OC)C(=O)OC. The number of rotatable bonds is 26. The molecule has 0 radical (unpaired) electrons. The van der Waals surface area contributed by atoms with Gasteiger partial charge >= 0.3 is 11.9 Å². The molecule has 0 rings (SSSR count). The molecule has 0 spiro atoms. The monoisotopic (exact) mass is 520 g/mol. The number of hydrogen-bond donors (Lipinski definition) is 0. The lowest BCUT2D eigenvalue weighted by Gasteiger charge is -2.28. The highest BCUT2D eigenvalue weighted by molar-refractivity contribution is 5.99. The summed E-state index contributed by atoms with van der Waals surface area (Å²) in [7, 11) is 2.76. The molecule has 0 aliphatic rings. The second kappa shape index (κ2) is 26.0. The molecule has 0 amide bonds. The van der Waals surface area contributed by atoms with Crippen molar-refractivity contribution in [3.63, 3.8) is 0 Å². The first-order valence-corrected chi connectivity index (χ1v) is 15.6. The fourth-order valence-electron chi connectivity index (χ4n) is 4.98. The summed E-state index contributed by atoms with van der Waals surface area (Å²) in [5.41, 5.74) is -1.14. The van der Waals surface area contributed by atoms with Gasteiger partial charge in [0.2, 0.25) is 0 Å². The van der Waals surface area contributed by atoms with Crippen molar-refractivity contribution in [3.8, 4) is 0 Å². The van der Waals surface area contributed by atoms with Gasteiger partial charge in [0.1, 0.15) is 0 Å². The van der Waals surface area contributed by atoms with Crippen molar-refractivity contribution in [1.82, 2.24) is 0 Å². The molecule has 0 saturated carbocycles. The van der Waals surface area contributed by atoms with E-state index in [9.17, 15) is 9.59 Å². The van der Waals surface area contributed by atoms with Gasteiger partial charge in [-0.2, -0.15) is 0 Å². The Morgan fingerprint density at radius 2 is 0.865 bits per heavy atom. The van der Waals surface area contributed by atoms with Gasteiger partial charge in [0.15, 0.2) is 5.41 Å². The highest BCUT2D eigenvalue weighted by Gasteiger charge is 2.47. The minimum Gasteiger partial charge on any atom is -0.468 e. The molecule has 0 unspecified atom stereocenters. The van der Waals surface area contributed by atoms with Crippen molar-refractivity contribution < 1.29 is 19.1 Å². The van der Waals surface area contributed by atoms with Crippen LogP contribution in [0.3, 0.4) is 0 Å². The Morgan fingerprint density at radius 1 is 0.514 bits per heavy atom. The Kier molecular flexibility index (Phi) is 24.9. The molecule has 0 atom stereocenters. The van der Waals surface area contributed by atoms with E-state index in [1.54, 1.807) is 0 Å². The normalized spacial score (nSPS) is 12.0. The van der Waals surface area contributed by atoms with Gasteiger partial charge < -0.3 is 9.47 Å². The van der Waals surface area contributed by atoms with E-state index in [-0.39, 0.29) is 0 Å². The first-order valence-electron chi connectivity index (χ1n) is 15.6. The van der Waals surface area contributed by atoms with Crippen LogP contribution in [0, 0.1) is 5.41 Å². The maximum Gasteiger partial charge on any atom is 0.323 e. The van der Waals surface area contributed by atoms with E-state index in [2.05, 4.69) is 38.2 Å². The molecule has 0 aliphatic heterocycles. The van der Waals surface area contributed by atoms with Crippen molar-refractivity contribution in [2.75, 3.05) is 14.2 Å². The summed E-state index contributed by atoms with van der Waals surface area (Å²) in [5.74, 6) is -0.852. The number of ether oxygens (including phenoxy) is 2. The third kappa shape index (κ3) is 18.3. The van der Waals surface area contributed by atoms with Crippen LogP contribution in [-0.4, -0.2) is 26.2 Å². The minimum absolute atomic E-state index is 0.426. The zero-order valence-electron chi connectivity index (χ0n) is 25.0. The van der Waals surface area contributed by atoms with Crippen molar-refractivity contribution >= 4 is 11.9 Å². The van der Waals surface area contributed by atoms with Crippen LogP contribution in [0.2, 0.25) is 0 Å². The molecule has 0 aromatic rings. The van der Waals surface area contributed by atoms with Crippen LogP contribution in [0.4, 0.5) is 0 Å². The average Bonchev–Trinajstić information content (AvgIpc) is 2.92. The summed E-state index contributed by atoms with van der Waals surface area (Å²) in [6, 6.07) is 0. The molecule has 0 aliphatic carbocycles. The van der Waals surface area contributed by atoms with Gasteiger partial charge in [-0.05, 0) is 44.9 Å². The summed E-state index contributed by atoms with van der Waals surface area (Å²) in [6.45, 7) is 4.47. The second-order valence-corrected chi connectivity index (χ2v) is 10.6. The van der Waals surface area contributed by atoms with Gasteiger partial charge in [-0.1, -0.05) is 134 Å². The molecule has 0 aromatic carbocycles. The van der Waals surface area contributed by atoms with Crippen molar-refractivity contribution in [1.29, 1.82) is 0 Å². The van der Waals surface area contributed by atoms with Crippen LogP contribution in [0.25, 0.3) is 0 Å².